The van der Waals surface area contributed by atoms with E-state index in [0.29, 0.717) is 24.3 Å². The number of phenols is 2. The molecule has 2 rings (SSSR count). The van der Waals surface area contributed by atoms with Gasteiger partial charge in [0.25, 0.3) is 0 Å². The summed E-state index contributed by atoms with van der Waals surface area (Å²) < 4.78 is 56.7. The van der Waals surface area contributed by atoms with Gasteiger partial charge in [0.2, 0.25) is 0 Å². The van der Waals surface area contributed by atoms with E-state index in [1.165, 1.54) is 0 Å². The number of rotatable bonds is 3. The molecule has 22 heavy (non-hydrogen) atoms. The van der Waals surface area contributed by atoms with Gasteiger partial charge in [-0.15, -0.1) is 0 Å². The SMILES string of the molecule is Oc1ccc(C(F)(F)C(F)(F)c2ccc(O)c(Cl)c2)cc1Cl. The quantitative estimate of drug-likeness (QED) is 0.735. The number of phenolic OH excluding ortho intramolecular Hbond substituents is 2. The summed E-state index contributed by atoms with van der Waals surface area (Å²) in [5.74, 6) is -10.2. The van der Waals surface area contributed by atoms with E-state index in [0.717, 1.165) is 12.1 Å². The molecule has 8 heteroatoms. The Morgan fingerprint density at radius 1 is 0.682 bits per heavy atom. The first kappa shape index (κ1) is 16.7. The Kier molecular flexibility index (Phi) is 4.19. The zero-order valence-corrected chi connectivity index (χ0v) is 12.1. The number of hydrogen-bond donors (Lipinski definition) is 2. The van der Waals surface area contributed by atoms with Gasteiger partial charge in [0, 0.05) is 11.1 Å². The highest BCUT2D eigenvalue weighted by atomic mass is 35.5. The summed E-state index contributed by atoms with van der Waals surface area (Å²) in [5, 5.41) is 17.4. The maximum absolute atomic E-state index is 14.2. The zero-order chi connectivity index (χ0) is 16.7. The highest BCUT2D eigenvalue weighted by Gasteiger charge is 2.58. The van der Waals surface area contributed by atoms with E-state index in [-0.39, 0.29) is 0 Å². The van der Waals surface area contributed by atoms with Gasteiger partial charge in [0.1, 0.15) is 11.5 Å². The van der Waals surface area contributed by atoms with Gasteiger partial charge in [-0.25, -0.2) is 0 Å². The summed E-state index contributed by atoms with van der Waals surface area (Å²) in [6.45, 7) is 0. The minimum Gasteiger partial charge on any atom is -0.506 e. The lowest BCUT2D eigenvalue weighted by atomic mass is 9.96. The normalized spacial score (nSPS) is 12.5. The molecule has 0 saturated carbocycles. The molecule has 0 saturated heterocycles. The topological polar surface area (TPSA) is 40.5 Å². The fourth-order valence-corrected chi connectivity index (χ4v) is 2.13. The molecule has 0 aromatic heterocycles. The highest BCUT2D eigenvalue weighted by molar-refractivity contribution is 6.32. The molecule has 2 aromatic carbocycles. The van der Waals surface area contributed by atoms with Crippen LogP contribution in [-0.4, -0.2) is 10.2 Å². The van der Waals surface area contributed by atoms with Gasteiger partial charge < -0.3 is 10.2 Å². The second-order valence-electron chi connectivity index (χ2n) is 4.48. The van der Waals surface area contributed by atoms with Gasteiger partial charge in [-0.3, -0.25) is 0 Å². The first-order valence-electron chi connectivity index (χ1n) is 5.81. The van der Waals surface area contributed by atoms with E-state index in [9.17, 15) is 27.8 Å². The minimum atomic E-state index is -4.61. The molecule has 0 aliphatic rings. The van der Waals surface area contributed by atoms with Crippen LogP contribution in [0.3, 0.4) is 0 Å². The first-order chi connectivity index (χ1) is 10.1. The molecular formula is C14H8Cl2F4O2. The van der Waals surface area contributed by atoms with Crippen LogP contribution in [0.15, 0.2) is 36.4 Å². The van der Waals surface area contributed by atoms with Gasteiger partial charge in [0.15, 0.2) is 0 Å². The molecule has 2 nitrogen and oxygen atoms in total. The molecule has 0 spiro atoms. The Hall–Kier alpha value is -1.66. The number of benzene rings is 2. The largest absolute Gasteiger partial charge is 0.506 e. The van der Waals surface area contributed by atoms with Gasteiger partial charge in [-0.1, -0.05) is 23.2 Å². The standard InChI is InChI=1S/C14H8Cl2F4O2/c15-9-5-7(1-3-11(9)21)13(17,18)14(19,20)8-2-4-12(22)10(16)6-8/h1-6,21-22H. The second-order valence-corrected chi connectivity index (χ2v) is 5.30. The third-order valence-electron chi connectivity index (χ3n) is 3.01. The predicted octanol–water partition coefficient (Wildman–Crippen LogP) is 5.29. The van der Waals surface area contributed by atoms with Gasteiger partial charge in [-0.05, 0) is 36.4 Å². The third kappa shape index (κ3) is 2.68. The smallest absolute Gasteiger partial charge is 0.339 e. The van der Waals surface area contributed by atoms with E-state index in [1.54, 1.807) is 0 Å². The Morgan fingerprint density at radius 2 is 1.00 bits per heavy atom. The van der Waals surface area contributed by atoms with Gasteiger partial charge in [-0.2, -0.15) is 17.6 Å². The second kappa shape index (κ2) is 5.52. The van der Waals surface area contributed by atoms with Crippen LogP contribution in [0.1, 0.15) is 11.1 Å². The Balaban J connectivity index is 2.53. The van der Waals surface area contributed by atoms with Crippen molar-refractivity contribution in [2.45, 2.75) is 11.8 Å². The molecule has 2 aromatic rings. The molecule has 0 radical (unpaired) electrons. The lowest BCUT2D eigenvalue weighted by molar-refractivity contribution is -0.223. The molecule has 0 amide bonds. The molecule has 0 aliphatic carbocycles. The summed E-state index contributed by atoms with van der Waals surface area (Å²) in [4.78, 5) is 0. The lowest BCUT2D eigenvalue weighted by Crippen LogP contribution is -2.35. The molecule has 0 heterocycles. The van der Waals surface area contributed by atoms with Crippen molar-refractivity contribution >= 4 is 23.2 Å². The third-order valence-corrected chi connectivity index (χ3v) is 3.62. The minimum absolute atomic E-state index is 0.475. The zero-order valence-electron chi connectivity index (χ0n) is 10.6. The van der Waals surface area contributed by atoms with Crippen molar-refractivity contribution < 1.29 is 27.8 Å². The van der Waals surface area contributed by atoms with Crippen LogP contribution in [0, 0.1) is 0 Å². The summed E-state index contributed by atoms with van der Waals surface area (Å²) in [6.07, 6.45) is 0. The van der Waals surface area contributed by atoms with Crippen LogP contribution in [0.5, 0.6) is 11.5 Å². The average Bonchev–Trinajstić information content (AvgIpc) is 2.44. The number of halogens is 6. The van der Waals surface area contributed by atoms with Crippen LogP contribution in [0.2, 0.25) is 10.0 Å². The van der Waals surface area contributed by atoms with Crippen molar-refractivity contribution in [3.8, 4) is 11.5 Å². The molecule has 0 atom stereocenters. The summed E-state index contributed by atoms with van der Waals surface area (Å²) in [7, 11) is 0. The van der Waals surface area contributed by atoms with Crippen LogP contribution in [0.4, 0.5) is 17.6 Å². The summed E-state index contributed by atoms with van der Waals surface area (Å²) >= 11 is 11.0. The number of hydrogen-bond acceptors (Lipinski definition) is 2. The van der Waals surface area contributed by atoms with E-state index in [1.807, 2.05) is 0 Å². The van der Waals surface area contributed by atoms with E-state index in [4.69, 9.17) is 23.2 Å². The average molecular weight is 355 g/mol. The molecular weight excluding hydrogens is 347 g/mol. The molecule has 0 aliphatic heterocycles. The van der Waals surface area contributed by atoms with Crippen molar-refractivity contribution in [1.29, 1.82) is 0 Å². The van der Waals surface area contributed by atoms with Crippen LogP contribution in [-0.2, 0) is 11.8 Å². The van der Waals surface area contributed by atoms with E-state index >= 15 is 0 Å². The molecule has 0 bridgehead atoms. The first-order valence-corrected chi connectivity index (χ1v) is 6.56. The van der Waals surface area contributed by atoms with Crippen LogP contribution in [0.25, 0.3) is 0 Å². The van der Waals surface area contributed by atoms with Gasteiger partial charge in [0.05, 0.1) is 10.0 Å². The van der Waals surface area contributed by atoms with Crippen molar-refractivity contribution in [2.75, 3.05) is 0 Å². The molecule has 2 N–H and O–H groups in total. The molecule has 0 unspecified atom stereocenters. The fourth-order valence-electron chi connectivity index (χ4n) is 1.77. The van der Waals surface area contributed by atoms with Crippen LogP contribution < -0.4 is 0 Å². The Morgan fingerprint density at radius 3 is 1.27 bits per heavy atom. The van der Waals surface area contributed by atoms with Crippen LogP contribution >= 0.6 is 23.2 Å². The maximum Gasteiger partial charge on any atom is 0.339 e. The Bertz CT molecular complexity index is 658. The van der Waals surface area contributed by atoms with E-state index in [2.05, 4.69) is 0 Å². The molecule has 118 valence electrons. The van der Waals surface area contributed by atoms with Crippen molar-refractivity contribution in [3.05, 3.63) is 57.6 Å². The lowest BCUT2D eigenvalue weighted by Gasteiger charge is -2.27. The highest BCUT2D eigenvalue weighted by Crippen LogP contribution is 2.51. The number of alkyl halides is 4. The Labute approximate surface area is 132 Å². The molecule has 0 fully saturated rings. The maximum atomic E-state index is 14.2. The van der Waals surface area contributed by atoms with Crippen molar-refractivity contribution in [1.82, 2.24) is 0 Å². The fraction of sp³-hybridized carbons (Fsp3) is 0.143. The van der Waals surface area contributed by atoms with E-state index < -0.39 is 44.5 Å². The summed E-state index contributed by atoms with van der Waals surface area (Å²) in [6, 6.07) is 4.02. The van der Waals surface area contributed by atoms with Crippen molar-refractivity contribution in [2.24, 2.45) is 0 Å². The monoisotopic (exact) mass is 354 g/mol. The summed E-state index contributed by atoms with van der Waals surface area (Å²) in [5.41, 5.74) is -2.13. The predicted molar refractivity (Wildman–Crippen MR) is 74.0 cm³/mol. The van der Waals surface area contributed by atoms with Gasteiger partial charge >= 0.3 is 11.8 Å². The number of aromatic hydroxyl groups is 2. The van der Waals surface area contributed by atoms with Crippen molar-refractivity contribution in [3.63, 3.8) is 0 Å².